The molecule has 2 heterocycles. The zero-order chi connectivity index (χ0) is 15.3. The molecule has 3 N–H and O–H groups in total. The van der Waals surface area contributed by atoms with Crippen LogP contribution in [0.25, 0.3) is 22.3 Å². The first-order chi connectivity index (χ1) is 10.6. The third kappa shape index (κ3) is 1.93. The summed E-state index contributed by atoms with van der Waals surface area (Å²) in [5, 5.41) is 11.3. The first-order valence-electron chi connectivity index (χ1n) is 7.61. The number of amides is 1. The van der Waals surface area contributed by atoms with Gasteiger partial charge in [0, 0.05) is 22.5 Å². The molecule has 112 valence electrons. The number of aryl methyl sites for hydroxylation is 2. The van der Waals surface area contributed by atoms with Crippen LogP contribution in [0.1, 0.15) is 35.3 Å². The lowest BCUT2D eigenvalue weighted by molar-refractivity contribution is 0.0943. The van der Waals surface area contributed by atoms with Crippen molar-refractivity contribution in [3.63, 3.8) is 0 Å². The molecule has 0 atom stereocenters. The molecular formula is C17H18N4O. The molecule has 1 aliphatic carbocycles. The fourth-order valence-electron chi connectivity index (χ4n) is 3.19. The Labute approximate surface area is 128 Å². The average Bonchev–Trinajstić information content (AvgIpc) is 3.09. The van der Waals surface area contributed by atoms with E-state index in [-0.39, 0.29) is 11.9 Å². The van der Waals surface area contributed by atoms with Crippen LogP contribution in [-0.4, -0.2) is 27.1 Å². The van der Waals surface area contributed by atoms with Crippen LogP contribution in [0.15, 0.2) is 24.4 Å². The molecule has 5 nitrogen and oxygen atoms in total. The monoisotopic (exact) mass is 294 g/mol. The molecule has 0 saturated heterocycles. The molecule has 5 heteroatoms. The predicted octanol–water partition coefficient (Wildman–Crippen LogP) is 2.79. The summed E-state index contributed by atoms with van der Waals surface area (Å²) in [7, 11) is 0. The highest BCUT2D eigenvalue weighted by atomic mass is 16.1. The maximum atomic E-state index is 12.2. The van der Waals surface area contributed by atoms with Crippen LogP contribution < -0.4 is 5.32 Å². The summed E-state index contributed by atoms with van der Waals surface area (Å²) in [6.07, 6.45) is 3.89. The van der Waals surface area contributed by atoms with Crippen LogP contribution in [-0.2, 0) is 12.8 Å². The summed E-state index contributed by atoms with van der Waals surface area (Å²) in [6.45, 7) is 3.92. The zero-order valence-electron chi connectivity index (χ0n) is 12.7. The van der Waals surface area contributed by atoms with Crippen molar-refractivity contribution in [2.45, 2.75) is 32.7 Å². The second-order valence-electron chi connectivity index (χ2n) is 6.14. The van der Waals surface area contributed by atoms with Gasteiger partial charge < -0.3 is 10.3 Å². The Morgan fingerprint density at radius 3 is 2.95 bits per heavy atom. The number of hydrogen-bond donors (Lipinski definition) is 3. The van der Waals surface area contributed by atoms with Crippen molar-refractivity contribution in [2.24, 2.45) is 0 Å². The van der Waals surface area contributed by atoms with Gasteiger partial charge in [0.1, 0.15) is 0 Å². The van der Waals surface area contributed by atoms with E-state index in [2.05, 4.69) is 20.5 Å². The number of aromatic nitrogens is 3. The Kier molecular flexibility index (Phi) is 2.82. The molecule has 22 heavy (non-hydrogen) atoms. The minimum absolute atomic E-state index is 0.0355. The molecule has 0 saturated carbocycles. The van der Waals surface area contributed by atoms with Gasteiger partial charge in [0.15, 0.2) is 0 Å². The number of fused-ring (bicyclic) bond motifs is 5. The second-order valence-corrected chi connectivity index (χ2v) is 6.14. The molecule has 3 aromatic rings. The number of carbonyl (C=O) groups is 1. The first kappa shape index (κ1) is 13.1. The molecule has 0 bridgehead atoms. The summed E-state index contributed by atoms with van der Waals surface area (Å²) in [5.74, 6) is -0.0355. The molecular weight excluding hydrogens is 276 g/mol. The topological polar surface area (TPSA) is 73.6 Å². The van der Waals surface area contributed by atoms with E-state index < -0.39 is 0 Å². The lowest BCUT2D eigenvalue weighted by atomic mass is 9.94. The van der Waals surface area contributed by atoms with Crippen LogP contribution in [0.5, 0.6) is 0 Å². The van der Waals surface area contributed by atoms with Crippen LogP contribution in [0.4, 0.5) is 0 Å². The number of benzene rings is 1. The predicted molar refractivity (Wildman–Crippen MR) is 85.9 cm³/mol. The highest BCUT2D eigenvalue weighted by Gasteiger charge is 2.22. The van der Waals surface area contributed by atoms with Gasteiger partial charge in [-0.15, -0.1) is 0 Å². The molecule has 0 spiro atoms. The number of H-pyrrole nitrogens is 2. The van der Waals surface area contributed by atoms with E-state index in [1.54, 1.807) is 0 Å². The quantitative estimate of drug-likeness (QED) is 0.680. The van der Waals surface area contributed by atoms with E-state index in [9.17, 15) is 4.79 Å². The van der Waals surface area contributed by atoms with Crippen LogP contribution in [0, 0.1) is 0 Å². The Morgan fingerprint density at radius 2 is 2.14 bits per heavy atom. The Bertz CT molecular complexity index is 872. The van der Waals surface area contributed by atoms with Gasteiger partial charge in [-0.05, 0) is 49.9 Å². The summed E-state index contributed by atoms with van der Waals surface area (Å²) in [6, 6.07) is 6.01. The lowest BCUT2D eigenvalue weighted by Gasteiger charge is -2.11. The fraction of sp³-hybridized carbons (Fsp3) is 0.294. The molecule has 1 amide bonds. The normalized spacial score (nSPS) is 13.2. The van der Waals surface area contributed by atoms with Gasteiger partial charge in [-0.2, -0.15) is 5.10 Å². The van der Waals surface area contributed by atoms with Crippen molar-refractivity contribution in [3.05, 3.63) is 41.1 Å². The van der Waals surface area contributed by atoms with E-state index in [1.807, 2.05) is 38.2 Å². The Morgan fingerprint density at radius 1 is 1.27 bits per heavy atom. The number of nitrogens with one attached hydrogen (secondary N) is 3. The number of aromatic amines is 2. The van der Waals surface area contributed by atoms with Crippen molar-refractivity contribution in [3.8, 4) is 11.4 Å². The lowest BCUT2D eigenvalue weighted by Crippen LogP contribution is -2.29. The minimum atomic E-state index is -0.0355. The number of nitrogens with zero attached hydrogens (tertiary/aromatic N) is 1. The summed E-state index contributed by atoms with van der Waals surface area (Å²) >= 11 is 0. The number of hydrogen-bond acceptors (Lipinski definition) is 2. The van der Waals surface area contributed by atoms with Crippen molar-refractivity contribution >= 4 is 16.8 Å². The van der Waals surface area contributed by atoms with Gasteiger partial charge >= 0.3 is 0 Å². The van der Waals surface area contributed by atoms with Crippen molar-refractivity contribution in [1.82, 2.24) is 20.5 Å². The van der Waals surface area contributed by atoms with Crippen molar-refractivity contribution in [1.29, 1.82) is 0 Å². The number of carbonyl (C=O) groups excluding carboxylic acids is 1. The molecule has 0 aliphatic heterocycles. The highest BCUT2D eigenvalue weighted by Crippen LogP contribution is 2.36. The van der Waals surface area contributed by atoms with Crippen LogP contribution in [0.3, 0.4) is 0 Å². The Balaban J connectivity index is 1.82. The third-order valence-electron chi connectivity index (χ3n) is 4.20. The molecule has 2 aromatic heterocycles. The Hall–Kier alpha value is -2.56. The smallest absolute Gasteiger partial charge is 0.251 e. The maximum Gasteiger partial charge on any atom is 0.251 e. The second kappa shape index (κ2) is 4.73. The molecule has 0 radical (unpaired) electrons. The van der Waals surface area contributed by atoms with Gasteiger partial charge in [0.25, 0.3) is 5.91 Å². The zero-order valence-corrected chi connectivity index (χ0v) is 12.7. The molecule has 0 fully saturated rings. The van der Waals surface area contributed by atoms with Gasteiger partial charge in [-0.25, -0.2) is 0 Å². The van der Waals surface area contributed by atoms with Gasteiger partial charge in [-0.3, -0.25) is 9.89 Å². The van der Waals surface area contributed by atoms with Crippen LogP contribution in [0.2, 0.25) is 0 Å². The summed E-state index contributed by atoms with van der Waals surface area (Å²) < 4.78 is 0. The molecule has 1 aliphatic rings. The molecule has 0 unspecified atom stereocenters. The van der Waals surface area contributed by atoms with Gasteiger partial charge in [0.05, 0.1) is 17.6 Å². The summed E-state index contributed by atoms with van der Waals surface area (Å²) in [4.78, 5) is 15.6. The number of rotatable bonds is 2. The average molecular weight is 294 g/mol. The van der Waals surface area contributed by atoms with E-state index in [0.717, 1.165) is 29.7 Å². The maximum absolute atomic E-state index is 12.2. The summed E-state index contributed by atoms with van der Waals surface area (Å²) in [5.41, 5.74) is 6.42. The van der Waals surface area contributed by atoms with Crippen molar-refractivity contribution < 1.29 is 4.79 Å². The third-order valence-corrected chi connectivity index (χ3v) is 4.20. The molecule has 4 rings (SSSR count). The minimum Gasteiger partial charge on any atom is -0.353 e. The van der Waals surface area contributed by atoms with Crippen LogP contribution >= 0.6 is 0 Å². The van der Waals surface area contributed by atoms with E-state index >= 15 is 0 Å². The van der Waals surface area contributed by atoms with E-state index in [1.165, 1.54) is 16.5 Å². The molecule has 1 aromatic carbocycles. The highest BCUT2D eigenvalue weighted by molar-refractivity contribution is 6.00. The van der Waals surface area contributed by atoms with Crippen molar-refractivity contribution in [2.75, 3.05) is 0 Å². The largest absolute Gasteiger partial charge is 0.353 e. The fourth-order valence-corrected chi connectivity index (χ4v) is 3.19. The van der Waals surface area contributed by atoms with Gasteiger partial charge in [-0.1, -0.05) is 6.07 Å². The van der Waals surface area contributed by atoms with E-state index in [0.29, 0.717) is 5.56 Å². The van der Waals surface area contributed by atoms with E-state index in [4.69, 9.17) is 0 Å². The first-order valence-corrected chi connectivity index (χ1v) is 7.61. The van der Waals surface area contributed by atoms with Gasteiger partial charge in [0.2, 0.25) is 0 Å². The SMILES string of the molecule is CC(C)NC(=O)c1ccc2c3c([nH]c2c1)-c1[nH]ncc1CC3. The standard InChI is InChI=1S/C17H18N4O/c1-9(2)19-17(22)10-3-5-12-13-6-4-11-8-18-21-15(11)16(13)20-14(12)7-10/h3,5,7-9,20H,4,6H2,1-2H3,(H,18,21)(H,19,22).